The maximum absolute atomic E-state index is 12.8. The third-order valence-electron chi connectivity index (χ3n) is 5.86. The van der Waals surface area contributed by atoms with Crippen molar-refractivity contribution >= 4 is 23.4 Å². The number of amides is 3. The van der Waals surface area contributed by atoms with Crippen LogP contribution in [0.4, 0.5) is 5.69 Å². The summed E-state index contributed by atoms with van der Waals surface area (Å²) < 4.78 is 5.19. The minimum absolute atomic E-state index is 0.114. The molecule has 5 rings (SSSR count). The highest BCUT2D eigenvalue weighted by Gasteiger charge is 2.59. The van der Waals surface area contributed by atoms with Gasteiger partial charge in [-0.05, 0) is 54.7 Å². The lowest BCUT2D eigenvalue weighted by atomic mass is 9.85. The van der Waals surface area contributed by atoms with E-state index < -0.39 is 0 Å². The molecule has 6 nitrogen and oxygen atoms in total. The zero-order chi connectivity index (χ0) is 18.5. The first kappa shape index (κ1) is 16.1. The van der Waals surface area contributed by atoms with Gasteiger partial charge in [0.25, 0.3) is 5.91 Å². The Bertz CT molecular complexity index is 915. The molecule has 1 aromatic heterocycles. The second-order valence-electron chi connectivity index (χ2n) is 7.32. The van der Waals surface area contributed by atoms with Gasteiger partial charge in [-0.15, -0.1) is 0 Å². The van der Waals surface area contributed by atoms with Crippen LogP contribution in [-0.2, 0) is 16.1 Å². The van der Waals surface area contributed by atoms with Crippen molar-refractivity contribution in [3.8, 4) is 0 Å². The number of fused-ring (bicyclic) bond motifs is 5. The number of carbonyl (C=O) groups excluding carboxylic acids is 3. The largest absolute Gasteiger partial charge is 0.467 e. The van der Waals surface area contributed by atoms with Gasteiger partial charge >= 0.3 is 0 Å². The number of imide groups is 1. The molecule has 3 amide bonds. The lowest BCUT2D eigenvalue weighted by Crippen LogP contribution is -2.32. The third kappa shape index (κ3) is 2.44. The Kier molecular flexibility index (Phi) is 3.53. The van der Waals surface area contributed by atoms with Crippen molar-refractivity contribution in [2.45, 2.75) is 13.0 Å². The molecule has 2 aromatic rings. The lowest BCUT2D eigenvalue weighted by molar-refractivity contribution is -0.123. The van der Waals surface area contributed by atoms with Crippen LogP contribution in [0.15, 0.2) is 59.2 Å². The molecular weight excluding hydrogens is 344 g/mol. The molecule has 1 aliphatic heterocycles. The summed E-state index contributed by atoms with van der Waals surface area (Å²) >= 11 is 0. The number of carbonyl (C=O) groups is 3. The standard InChI is InChI=1S/C21H18N2O4/c24-19(22-11-16-2-1-9-27-16)12-5-7-15(8-6-12)23-20(25)17-13-3-4-14(10-13)18(17)21(23)26/h1-9,13-14,17-18H,10-11H2,(H,22,24)/t13-,14+,17-,18-/m0/s1. The summed E-state index contributed by atoms with van der Waals surface area (Å²) in [7, 11) is 0. The van der Waals surface area contributed by atoms with E-state index in [9.17, 15) is 14.4 Å². The molecule has 2 heterocycles. The zero-order valence-electron chi connectivity index (χ0n) is 14.5. The van der Waals surface area contributed by atoms with Crippen molar-refractivity contribution in [1.29, 1.82) is 0 Å². The summed E-state index contributed by atoms with van der Waals surface area (Å²) in [6.45, 7) is 0.301. The van der Waals surface area contributed by atoms with E-state index in [1.807, 2.05) is 0 Å². The number of rotatable bonds is 4. The van der Waals surface area contributed by atoms with Gasteiger partial charge in [0.2, 0.25) is 11.8 Å². The molecule has 27 heavy (non-hydrogen) atoms. The molecular formula is C21H18N2O4. The molecule has 1 N–H and O–H groups in total. The van der Waals surface area contributed by atoms with Gasteiger partial charge < -0.3 is 9.73 Å². The van der Waals surface area contributed by atoms with E-state index >= 15 is 0 Å². The molecule has 2 bridgehead atoms. The minimum Gasteiger partial charge on any atom is -0.467 e. The quantitative estimate of drug-likeness (QED) is 0.670. The number of anilines is 1. The predicted molar refractivity (Wildman–Crippen MR) is 96.5 cm³/mol. The van der Waals surface area contributed by atoms with Crippen LogP contribution < -0.4 is 10.2 Å². The number of hydrogen-bond donors (Lipinski definition) is 1. The lowest BCUT2D eigenvalue weighted by Gasteiger charge is -2.17. The van der Waals surface area contributed by atoms with Crippen molar-refractivity contribution < 1.29 is 18.8 Å². The Labute approximate surface area is 155 Å². The molecule has 136 valence electrons. The number of nitrogens with one attached hydrogen (secondary N) is 1. The van der Waals surface area contributed by atoms with E-state index in [4.69, 9.17) is 4.42 Å². The number of allylic oxidation sites excluding steroid dienone is 2. The average molecular weight is 362 g/mol. The summed E-state index contributed by atoms with van der Waals surface area (Å²) in [5.74, 6) is 0.140. The Hall–Kier alpha value is -3.15. The van der Waals surface area contributed by atoms with E-state index in [-0.39, 0.29) is 41.4 Å². The normalized spacial score (nSPS) is 28.1. The highest BCUT2D eigenvalue weighted by atomic mass is 16.3. The fourth-order valence-electron chi connectivity index (χ4n) is 4.60. The first-order valence-electron chi connectivity index (χ1n) is 9.10. The van der Waals surface area contributed by atoms with Gasteiger partial charge in [0.05, 0.1) is 30.3 Å². The molecule has 1 saturated heterocycles. The Morgan fingerprint density at radius 2 is 1.70 bits per heavy atom. The maximum Gasteiger partial charge on any atom is 0.251 e. The minimum atomic E-state index is -0.240. The molecule has 6 heteroatoms. The molecule has 1 saturated carbocycles. The van der Waals surface area contributed by atoms with Gasteiger partial charge in [-0.2, -0.15) is 0 Å². The van der Waals surface area contributed by atoms with Crippen LogP contribution in [0.2, 0.25) is 0 Å². The summed E-state index contributed by atoms with van der Waals surface area (Å²) in [5, 5.41) is 2.77. The highest BCUT2D eigenvalue weighted by Crippen LogP contribution is 2.53. The van der Waals surface area contributed by atoms with Crippen molar-refractivity contribution in [1.82, 2.24) is 5.32 Å². The van der Waals surface area contributed by atoms with Crippen molar-refractivity contribution in [2.75, 3.05) is 4.90 Å². The fraction of sp³-hybridized carbons (Fsp3) is 0.286. The second kappa shape index (κ2) is 5.94. The summed E-state index contributed by atoms with van der Waals surface area (Å²) in [6, 6.07) is 10.1. The molecule has 2 fully saturated rings. The van der Waals surface area contributed by atoms with Crippen molar-refractivity contribution in [3.05, 3.63) is 66.1 Å². The Balaban J connectivity index is 1.31. The van der Waals surface area contributed by atoms with E-state index in [0.29, 0.717) is 23.6 Å². The maximum atomic E-state index is 12.8. The van der Waals surface area contributed by atoms with Crippen LogP contribution in [0, 0.1) is 23.7 Å². The van der Waals surface area contributed by atoms with E-state index in [0.717, 1.165) is 6.42 Å². The number of benzene rings is 1. The zero-order valence-corrected chi connectivity index (χ0v) is 14.5. The smallest absolute Gasteiger partial charge is 0.251 e. The van der Waals surface area contributed by atoms with Gasteiger partial charge in [0, 0.05) is 5.56 Å². The topological polar surface area (TPSA) is 79.6 Å². The van der Waals surface area contributed by atoms with E-state index in [1.165, 1.54) is 4.90 Å². The first-order valence-corrected chi connectivity index (χ1v) is 9.10. The van der Waals surface area contributed by atoms with Gasteiger partial charge in [-0.1, -0.05) is 12.2 Å². The van der Waals surface area contributed by atoms with Crippen LogP contribution in [0.5, 0.6) is 0 Å². The van der Waals surface area contributed by atoms with Crippen LogP contribution in [0.25, 0.3) is 0 Å². The molecule has 3 aliphatic rings. The van der Waals surface area contributed by atoms with Crippen molar-refractivity contribution in [3.63, 3.8) is 0 Å². The summed E-state index contributed by atoms with van der Waals surface area (Å²) in [5.41, 5.74) is 0.993. The number of hydrogen-bond acceptors (Lipinski definition) is 4. The highest BCUT2D eigenvalue weighted by molar-refractivity contribution is 6.22. The van der Waals surface area contributed by atoms with Gasteiger partial charge in [0.1, 0.15) is 5.76 Å². The van der Waals surface area contributed by atoms with Crippen LogP contribution >= 0.6 is 0 Å². The van der Waals surface area contributed by atoms with Crippen LogP contribution in [0.3, 0.4) is 0 Å². The summed E-state index contributed by atoms with van der Waals surface area (Å²) in [6.07, 6.45) is 6.62. The third-order valence-corrected chi connectivity index (χ3v) is 5.86. The SMILES string of the molecule is O=C(NCc1ccco1)c1ccc(N2C(=O)[C@@H]3[C@@H](C2=O)[C@H]2C=C[C@@H]3C2)cc1. The second-order valence-corrected chi connectivity index (χ2v) is 7.32. The average Bonchev–Trinajstić information content (AvgIpc) is 3.45. The molecule has 0 radical (unpaired) electrons. The number of furan rings is 1. The molecule has 0 spiro atoms. The fourth-order valence-corrected chi connectivity index (χ4v) is 4.60. The van der Waals surface area contributed by atoms with Crippen molar-refractivity contribution in [2.24, 2.45) is 23.7 Å². The Morgan fingerprint density at radius 1 is 1.04 bits per heavy atom. The molecule has 0 unspecified atom stereocenters. The van der Waals surface area contributed by atoms with Gasteiger partial charge in [-0.25, -0.2) is 0 Å². The Morgan fingerprint density at radius 3 is 2.30 bits per heavy atom. The monoisotopic (exact) mass is 362 g/mol. The van der Waals surface area contributed by atoms with Gasteiger partial charge in [0.15, 0.2) is 0 Å². The summed E-state index contributed by atoms with van der Waals surface area (Å²) in [4.78, 5) is 39.2. The number of nitrogens with zero attached hydrogens (tertiary/aromatic N) is 1. The van der Waals surface area contributed by atoms with E-state index in [1.54, 1.807) is 42.7 Å². The predicted octanol–water partition coefficient (Wildman–Crippen LogP) is 2.52. The molecule has 2 aliphatic carbocycles. The molecule has 1 aromatic carbocycles. The van der Waals surface area contributed by atoms with E-state index in [2.05, 4.69) is 17.5 Å². The molecule has 4 atom stereocenters. The van der Waals surface area contributed by atoms with Crippen LogP contribution in [-0.4, -0.2) is 17.7 Å². The first-order chi connectivity index (χ1) is 13.1. The van der Waals surface area contributed by atoms with Crippen LogP contribution in [0.1, 0.15) is 22.5 Å². The van der Waals surface area contributed by atoms with Gasteiger partial charge in [-0.3, -0.25) is 19.3 Å².